The van der Waals surface area contributed by atoms with Gasteiger partial charge in [0.05, 0.1) is 22.8 Å². The third-order valence-electron chi connectivity index (χ3n) is 4.42. The molecule has 1 amide bonds. The number of carbonyl (C=O) groups is 1. The van der Waals surface area contributed by atoms with Crippen molar-refractivity contribution in [2.24, 2.45) is 0 Å². The molecule has 0 aliphatic heterocycles. The third kappa shape index (κ3) is 3.40. The zero-order chi connectivity index (χ0) is 20.7. The van der Waals surface area contributed by atoms with E-state index in [2.05, 4.69) is 25.6 Å². The van der Waals surface area contributed by atoms with Crippen molar-refractivity contribution in [2.75, 3.05) is 24.3 Å². The maximum Gasteiger partial charge on any atom is 0.259 e. The van der Waals surface area contributed by atoms with Gasteiger partial charge in [-0.2, -0.15) is 10.1 Å². The highest BCUT2D eigenvalue weighted by molar-refractivity contribution is 6.09. The maximum absolute atomic E-state index is 14.5. The van der Waals surface area contributed by atoms with Gasteiger partial charge in [0.15, 0.2) is 5.82 Å². The van der Waals surface area contributed by atoms with E-state index < -0.39 is 17.5 Å². The monoisotopic (exact) mass is 397 g/mol. The second-order valence-corrected chi connectivity index (χ2v) is 6.71. The lowest BCUT2D eigenvalue weighted by atomic mass is 10.1. The minimum atomic E-state index is -0.500. The zero-order valence-corrected chi connectivity index (χ0v) is 15.9. The Morgan fingerprint density at radius 1 is 1.24 bits per heavy atom. The zero-order valence-electron chi connectivity index (χ0n) is 15.9. The number of H-pyrrole nitrogens is 1. The first-order valence-electron chi connectivity index (χ1n) is 8.68. The van der Waals surface area contributed by atoms with Gasteiger partial charge in [0.2, 0.25) is 5.95 Å². The number of nitrogens with one attached hydrogen (secondary N) is 2. The van der Waals surface area contributed by atoms with Crippen LogP contribution in [0.15, 0.2) is 36.7 Å². The summed E-state index contributed by atoms with van der Waals surface area (Å²) < 4.78 is 29.5. The maximum atomic E-state index is 14.5. The van der Waals surface area contributed by atoms with E-state index in [4.69, 9.17) is 0 Å². The van der Waals surface area contributed by atoms with Crippen LogP contribution in [-0.2, 0) is 0 Å². The van der Waals surface area contributed by atoms with Crippen LogP contribution in [0.3, 0.4) is 0 Å². The molecule has 0 unspecified atom stereocenters. The van der Waals surface area contributed by atoms with Gasteiger partial charge in [-0.15, -0.1) is 5.10 Å². The second-order valence-electron chi connectivity index (χ2n) is 6.71. The van der Waals surface area contributed by atoms with Gasteiger partial charge < -0.3 is 10.2 Å². The summed E-state index contributed by atoms with van der Waals surface area (Å²) in [4.78, 5) is 18.7. The van der Waals surface area contributed by atoms with Crippen LogP contribution in [0.5, 0.6) is 0 Å². The van der Waals surface area contributed by atoms with Crippen molar-refractivity contribution in [1.82, 2.24) is 24.8 Å². The number of aryl methyl sites for hydroxylation is 1. The van der Waals surface area contributed by atoms with Crippen molar-refractivity contribution in [1.29, 1.82) is 0 Å². The Balaban J connectivity index is 1.69. The van der Waals surface area contributed by atoms with Crippen LogP contribution in [0.4, 0.5) is 20.4 Å². The summed E-state index contributed by atoms with van der Waals surface area (Å²) >= 11 is 0. The number of benzene rings is 1. The van der Waals surface area contributed by atoms with E-state index in [1.54, 1.807) is 25.9 Å². The predicted octanol–water partition coefficient (Wildman–Crippen LogP) is 3.02. The van der Waals surface area contributed by atoms with Gasteiger partial charge in [-0.05, 0) is 30.7 Å². The fraction of sp³-hybridized carbons (Fsp3) is 0.158. The number of hydrogen-bond donors (Lipinski definition) is 2. The highest BCUT2D eigenvalue weighted by Gasteiger charge is 2.18. The van der Waals surface area contributed by atoms with Crippen LogP contribution in [-0.4, -0.2) is 44.8 Å². The number of hydrogen-bond acceptors (Lipinski definition) is 5. The number of halogens is 2. The summed E-state index contributed by atoms with van der Waals surface area (Å²) in [5.74, 6) is -0.828. The van der Waals surface area contributed by atoms with Gasteiger partial charge in [-0.3, -0.25) is 9.89 Å². The van der Waals surface area contributed by atoms with Gasteiger partial charge in [-0.25, -0.2) is 13.3 Å². The average molecular weight is 397 g/mol. The Morgan fingerprint density at radius 2 is 2.03 bits per heavy atom. The number of aromatic amines is 1. The molecule has 0 bridgehead atoms. The molecule has 0 atom stereocenters. The SMILES string of the molecule is Cc1cc(F)c(-c2nc(N(C)C)n[nH]2)cc1NC(=O)c1cnn2ccc(F)cc12. The molecule has 4 aromatic rings. The lowest BCUT2D eigenvalue weighted by molar-refractivity contribution is 0.102. The Bertz CT molecular complexity index is 1230. The van der Waals surface area contributed by atoms with Crippen LogP contribution >= 0.6 is 0 Å². The van der Waals surface area contributed by atoms with Crippen LogP contribution in [0.1, 0.15) is 15.9 Å². The van der Waals surface area contributed by atoms with E-state index in [9.17, 15) is 13.6 Å². The Morgan fingerprint density at radius 3 is 2.76 bits per heavy atom. The largest absolute Gasteiger partial charge is 0.346 e. The van der Waals surface area contributed by atoms with E-state index in [1.165, 1.54) is 41.2 Å². The van der Waals surface area contributed by atoms with Crippen LogP contribution in [0.25, 0.3) is 16.9 Å². The Kier molecular flexibility index (Phi) is 4.45. The molecular weight excluding hydrogens is 380 g/mol. The molecule has 0 saturated carbocycles. The lowest BCUT2D eigenvalue weighted by Crippen LogP contribution is -2.13. The van der Waals surface area contributed by atoms with Crippen molar-refractivity contribution < 1.29 is 13.6 Å². The van der Waals surface area contributed by atoms with Gasteiger partial charge in [0, 0.05) is 32.0 Å². The fourth-order valence-electron chi connectivity index (χ4n) is 2.88. The highest BCUT2D eigenvalue weighted by atomic mass is 19.1. The molecule has 0 spiro atoms. The number of amides is 1. The molecule has 0 aliphatic carbocycles. The quantitative estimate of drug-likeness (QED) is 0.552. The highest BCUT2D eigenvalue weighted by Crippen LogP contribution is 2.28. The lowest BCUT2D eigenvalue weighted by Gasteiger charge is -2.10. The molecule has 3 heterocycles. The molecule has 4 rings (SSSR count). The summed E-state index contributed by atoms with van der Waals surface area (Å²) in [5, 5.41) is 13.5. The van der Waals surface area contributed by atoms with Crippen molar-refractivity contribution in [3.63, 3.8) is 0 Å². The van der Waals surface area contributed by atoms with E-state index >= 15 is 0 Å². The first-order valence-corrected chi connectivity index (χ1v) is 8.68. The predicted molar refractivity (Wildman–Crippen MR) is 104 cm³/mol. The standard InChI is InChI=1S/C19H17F2N7O/c1-10-6-14(21)12(17-24-19(26-25-17)27(2)3)8-15(10)23-18(29)13-9-22-28-5-4-11(20)7-16(13)28/h4-9H,1-3H3,(H,23,29)(H,24,25,26). The van der Waals surface area contributed by atoms with Crippen molar-refractivity contribution in [2.45, 2.75) is 6.92 Å². The molecule has 0 radical (unpaired) electrons. The molecular formula is C19H17F2N7O. The minimum absolute atomic E-state index is 0.164. The smallest absolute Gasteiger partial charge is 0.259 e. The summed E-state index contributed by atoms with van der Waals surface area (Å²) in [7, 11) is 3.53. The van der Waals surface area contributed by atoms with E-state index in [0.29, 0.717) is 22.7 Å². The van der Waals surface area contributed by atoms with Crippen LogP contribution in [0.2, 0.25) is 0 Å². The van der Waals surface area contributed by atoms with Gasteiger partial charge in [0.1, 0.15) is 11.6 Å². The van der Waals surface area contributed by atoms with Crippen molar-refractivity contribution in [3.8, 4) is 11.4 Å². The topological polar surface area (TPSA) is 91.2 Å². The molecule has 0 aliphatic rings. The Labute approximate surface area is 164 Å². The van der Waals surface area contributed by atoms with E-state index in [-0.39, 0.29) is 17.0 Å². The first-order chi connectivity index (χ1) is 13.8. The molecule has 0 fully saturated rings. The average Bonchev–Trinajstić information content (AvgIpc) is 3.30. The summed E-state index contributed by atoms with van der Waals surface area (Å²) in [6, 6.07) is 5.26. The van der Waals surface area contributed by atoms with Gasteiger partial charge >= 0.3 is 0 Å². The normalized spacial score (nSPS) is 11.1. The Hall–Kier alpha value is -3.82. The first kappa shape index (κ1) is 18.5. The number of anilines is 2. The van der Waals surface area contributed by atoms with Crippen molar-refractivity contribution >= 4 is 23.1 Å². The number of carbonyl (C=O) groups excluding carboxylic acids is 1. The number of nitrogens with zero attached hydrogens (tertiary/aromatic N) is 5. The minimum Gasteiger partial charge on any atom is -0.346 e. The molecule has 29 heavy (non-hydrogen) atoms. The molecule has 148 valence electrons. The van der Waals surface area contributed by atoms with E-state index in [0.717, 1.165) is 0 Å². The molecule has 8 nitrogen and oxygen atoms in total. The van der Waals surface area contributed by atoms with Gasteiger partial charge in [0.25, 0.3) is 5.91 Å². The second kappa shape index (κ2) is 6.97. The fourth-order valence-corrected chi connectivity index (χ4v) is 2.88. The molecule has 0 saturated heterocycles. The van der Waals surface area contributed by atoms with Crippen molar-refractivity contribution in [3.05, 3.63) is 59.4 Å². The van der Waals surface area contributed by atoms with Gasteiger partial charge in [-0.1, -0.05) is 0 Å². The number of fused-ring (bicyclic) bond motifs is 1. The molecule has 3 aromatic heterocycles. The third-order valence-corrected chi connectivity index (χ3v) is 4.42. The molecule has 10 heteroatoms. The molecule has 2 N–H and O–H groups in total. The van der Waals surface area contributed by atoms with E-state index in [1.807, 2.05) is 0 Å². The van der Waals surface area contributed by atoms with Crippen LogP contribution in [0, 0.1) is 18.6 Å². The number of rotatable bonds is 4. The molecule has 1 aromatic carbocycles. The van der Waals surface area contributed by atoms with Crippen LogP contribution < -0.4 is 10.2 Å². The summed E-state index contributed by atoms with van der Waals surface area (Å²) in [6.45, 7) is 1.67. The number of aromatic nitrogens is 5. The summed E-state index contributed by atoms with van der Waals surface area (Å²) in [6.07, 6.45) is 2.78. The summed E-state index contributed by atoms with van der Waals surface area (Å²) in [5.41, 5.74) is 1.61. The number of pyridine rings is 1.